The highest BCUT2D eigenvalue weighted by Gasteiger charge is 2.19. The molecule has 0 bridgehead atoms. The van der Waals surface area contributed by atoms with E-state index in [1.54, 1.807) is 12.1 Å². The Hall–Kier alpha value is -3.61. The molecule has 0 spiro atoms. The summed E-state index contributed by atoms with van der Waals surface area (Å²) < 4.78 is 13.2. The molecule has 154 valence electrons. The topological polar surface area (TPSA) is 75.2 Å². The van der Waals surface area contributed by atoms with Crippen LogP contribution in [0.5, 0.6) is 0 Å². The molecule has 0 saturated carbocycles. The molecule has 3 aromatic rings. The smallest absolute Gasteiger partial charge is 0.274 e. The van der Waals surface area contributed by atoms with Crippen LogP contribution in [-0.4, -0.2) is 33.2 Å². The lowest BCUT2D eigenvalue weighted by Crippen LogP contribution is -2.34. The number of hydrogen-bond donors (Lipinski definition) is 1. The first kappa shape index (κ1) is 21.1. The number of aryl methyl sites for hydroxylation is 2. The maximum atomic E-state index is 13.2. The zero-order valence-electron chi connectivity index (χ0n) is 16.9. The fourth-order valence-electron chi connectivity index (χ4n) is 2.91. The van der Waals surface area contributed by atoms with Crippen LogP contribution in [0.4, 0.5) is 10.1 Å². The predicted octanol–water partition coefficient (Wildman–Crippen LogP) is 3.90. The number of nitrogens with one attached hydrogen (secondary N) is 1. The third-order valence-corrected chi connectivity index (χ3v) is 4.76. The van der Waals surface area contributed by atoms with Crippen LogP contribution < -0.4 is 5.32 Å². The summed E-state index contributed by atoms with van der Waals surface area (Å²) in [5.74, 6) is -0.890. The second kappa shape index (κ2) is 9.73. The fourth-order valence-corrected chi connectivity index (χ4v) is 2.91. The number of anilines is 1. The lowest BCUT2D eigenvalue weighted by Gasteiger charge is -2.22. The number of carbonyl (C=O) groups excluding carboxylic acids is 2. The third-order valence-electron chi connectivity index (χ3n) is 4.76. The van der Waals surface area contributed by atoms with Crippen LogP contribution >= 0.6 is 0 Å². The van der Waals surface area contributed by atoms with Gasteiger partial charge >= 0.3 is 0 Å². The molecular weight excluding hydrogens is 383 g/mol. The first-order valence-electron chi connectivity index (χ1n) is 9.59. The van der Waals surface area contributed by atoms with Gasteiger partial charge in [0.25, 0.3) is 5.91 Å². The van der Waals surface area contributed by atoms with Gasteiger partial charge < -0.3 is 10.2 Å². The summed E-state index contributed by atoms with van der Waals surface area (Å²) in [6.07, 6.45) is 4.42. The van der Waals surface area contributed by atoms with Crippen LogP contribution in [0.2, 0.25) is 0 Å². The minimum absolute atomic E-state index is 0.111. The van der Waals surface area contributed by atoms with Crippen LogP contribution in [0, 0.1) is 19.7 Å². The molecule has 0 aliphatic heterocycles. The maximum Gasteiger partial charge on any atom is 0.274 e. The summed E-state index contributed by atoms with van der Waals surface area (Å²) in [5, 5.41) is 2.86. The Bertz CT molecular complexity index is 1020. The third kappa shape index (κ3) is 5.70. The van der Waals surface area contributed by atoms with E-state index < -0.39 is 0 Å². The molecule has 3 rings (SSSR count). The van der Waals surface area contributed by atoms with Crippen molar-refractivity contribution in [3.8, 4) is 0 Å². The Morgan fingerprint density at radius 3 is 2.47 bits per heavy atom. The standard InChI is InChI=1S/C23H23FN4O2/c1-16-3-8-20(13-17(16)2)27-22(29)9-12-28(15-18-4-6-19(24)7-5-18)23(30)21-14-25-10-11-26-21/h3-8,10-11,13-14H,9,12,15H2,1-2H3,(H,27,29). The first-order chi connectivity index (χ1) is 14.4. The van der Waals surface area contributed by atoms with Crippen molar-refractivity contribution in [2.75, 3.05) is 11.9 Å². The van der Waals surface area contributed by atoms with E-state index in [9.17, 15) is 14.0 Å². The summed E-state index contributed by atoms with van der Waals surface area (Å²) in [5.41, 5.74) is 3.89. The van der Waals surface area contributed by atoms with Gasteiger partial charge in [-0.1, -0.05) is 18.2 Å². The highest BCUT2D eigenvalue weighted by atomic mass is 19.1. The molecule has 6 nitrogen and oxygen atoms in total. The number of aromatic nitrogens is 2. The second-order valence-electron chi connectivity index (χ2n) is 7.04. The lowest BCUT2D eigenvalue weighted by atomic mass is 10.1. The van der Waals surface area contributed by atoms with Gasteiger partial charge in [0.1, 0.15) is 11.5 Å². The van der Waals surface area contributed by atoms with E-state index in [1.807, 2.05) is 32.0 Å². The van der Waals surface area contributed by atoms with E-state index in [0.29, 0.717) is 5.69 Å². The van der Waals surface area contributed by atoms with Gasteiger partial charge in [0.15, 0.2) is 0 Å². The van der Waals surface area contributed by atoms with Crippen molar-refractivity contribution in [2.24, 2.45) is 0 Å². The van der Waals surface area contributed by atoms with Gasteiger partial charge in [0, 0.05) is 37.6 Å². The molecule has 0 saturated heterocycles. The highest BCUT2D eigenvalue weighted by molar-refractivity contribution is 5.93. The molecule has 2 amide bonds. The van der Waals surface area contributed by atoms with Crippen LogP contribution in [-0.2, 0) is 11.3 Å². The van der Waals surface area contributed by atoms with Crippen molar-refractivity contribution in [3.05, 3.63) is 89.3 Å². The Morgan fingerprint density at radius 2 is 1.80 bits per heavy atom. The average molecular weight is 406 g/mol. The molecule has 0 fully saturated rings. The summed E-state index contributed by atoms with van der Waals surface area (Å²) in [4.78, 5) is 34.8. The van der Waals surface area contributed by atoms with Crippen molar-refractivity contribution < 1.29 is 14.0 Å². The van der Waals surface area contributed by atoms with Crippen molar-refractivity contribution in [2.45, 2.75) is 26.8 Å². The molecule has 1 N–H and O–H groups in total. The number of carbonyl (C=O) groups is 2. The Labute approximate surface area is 174 Å². The SMILES string of the molecule is Cc1ccc(NC(=O)CCN(Cc2ccc(F)cc2)C(=O)c2cnccn2)cc1C. The number of halogens is 1. The van der Waals surface area contributed by atoms with Crippen LogP contribution in [0.3, 0.4) is 0 Å². The molecule has 30 heavy (non-hydrogen) atoms. The Morgan fingerprint density at radius 1 is 1.03 bits per heavy atom. The zero-order chi connectivity index (χ0) is 21.5. The molecule has 7 heteroatoms. The number of nitrogens with zero attached hydrogens (tertiary/aromatic N) is 3. The molecule has 1 heterocycles. The van der Waals surface area contributed by atoms with E-state index >= 15 is 0 Å². The maximum absolute atomic E-state index is 13.2. The average Bonchev–Trinajstić information content (AvgIpc) is 2.75. The normalized spacial score (nSPS) is 10.5. The largest absolute Gasteiger partial charge is 0.332 e. The molecular formula is C23H23FN4O2. The molecule has 0 aliphatic carbocycles. The van der Waals surface area contributed by atoms with Gasteiger partial charge in [0.05, 0.1) is 6.20 Å². The van der Waals surface area contributed by atoms with Crippen LogP contribution in [0.25, 0.3) is 0 Å². The molecule has 0 unspecified atom stereocenters. The fraction of sp³-hybridized carbons (Fsp3) is 0.217. The van der Waals surface area contributed by atoms with Crippen LogP contribution in [0.15, 0.2) is 61.1 Å². The van der Waals surface area contributed by atoms with Crippen molar-refractivity contribution >= 4 is 17.5 Å². The van der Waals surface area contributed by atoms with Gasteiger partial charge in [0.2, 0.25) is 5.91 Å². The van der Waals surface area contributed by atoms with Gasteiger partial charge in [-0.3, -0.25) is 14.6 Å². The van der Waals surface area contributed by atoms with Crippen molar-refractivity contribution in [1.29, 1.82) is 0 Å². The van der Waals surface area contributed by atoms with E-state index in [1.165, 1.54) is 35.6 Å². The zero-order valence-corrected chi connectivity index (χ0v) is 16.9. The number of benzene rings is 2. The Balaban J connectivity index is 1.69. The van der Waals surface area contributed by atoms with Gasteiger partial charge in [-0.05, 0) is 54.8 Å². The molecule has 2 aromatic carbocycles. The van der Waals surface area contributed by atoms with E-state index in [2.05, 4.69) is 15.3 Å². The Kier molecular flexibility index (Phi) is 6.85. The highest BCUT2D eigenvalue weighted by Crippen LogP contribution is 2.15. The molecule has 0 radical (unpaired) electrons. The van der Waals surface area contributed by atoms with Crippen LogP contribution in [0.1, 0.15) is 33.6 Å². The van der Waals surface area contributed by atoms with E-state index in [0.717, 1.165) is 16.7 Å². The molecule has 0 atom stereocenters. The lowest BCUT2D eigenvalue weighted by molar-refractivity contribution is -0.116. The summed E-state index contributed by atoms with van der Waals surface area (Å²) in [6, 6.07) is 11.6. The van der Waals surface area contributed by atoms with Crippen molar-refractivity contribution in [3.63, 3.8) is 0 Å². The summed E-state index contributed by atoms with van der Waals surface area (Å²) in [6.45, 7) is 4.40. The first-order valence-corrected chi connectivity index (χ1v) is 9.59. The summed E-state index contributed by atoms with van der Waals surface area (Å²) >= 11 is 0. The minimum atomic E-state index is -0.349. The number of rotatable bonds is 7. The molecule has 1 aromatic heterocycles. The monoisotopic (exact) mass is 406 g/mol. The summed E-state index contributed by atoms with van der Waals surface area (Å²) in [7, 11) is 0. The van der Waals surface area contributed by atoms with Crippen molar-refractivity contribution in [1.82, 2.24) is 14.9 Å². The van der Waals surface area contributed by atoms with E-state index in [-0.39, 0.29) is 42.8 Å². The van der Waals surface area contributed by atoms with Gasteiger partial charge in [-0.2, -0.15) is 0 Å². The predicted molar refractivity (Wildman–Crippen MR) is 112 cm³/mol. The quantitative estimate of drug-likeness (QED) is 0.646. The van der Waals surface area contributed by atoms with E-state index in [4.69, 9.17) is 0 Å². The second-order valence-corrected chi connectivity index (χ2v) is 7.04. The van der Waals surface area contributed by atoms with Gasteiger partial charge in [-0.15, -0.1) is 0 Å². The minimum Gasteiger partial charge on any atom is -0.332 e. The number of hydrogen-bond acceptors (Lipinski definition) is 4. The molecule has 0 aliphatic rings. The number of amides is 2. The van der Waals surface area contributed by atoms with Gasteiger partial charge in [-0.25, -0.2) is 9.37 Å².